The number of carbonyl (C=O) groups excluding carboxylic acids is 2. The Labute approximate surface area is 230 Å². The highest BCUT2D eigenvalue weighted by atomic mass is 35.5. The molecule has 2 amide bonds. The van der Waals surface area contributed by atoms with E-state index in [1.165, 1.54) is 0 Å². The van der Waals surface area contributed by atoms with Crippen LogP contribution in [-0.4, -0.2) is 43.0 Å². The molecule has 3 aromatic carbocycles. The second-order valence-electron chi connectivity index (χ2n) is 9.62. The zero-order chi connectivity index (χ0) is 27.3. The van der Waals surface area contributed by atoms with Crippen LogP contribution in [0.25, 0.3) is 0 Å². The zero-order valence-corrected chi connectivity index (χ0v) is 23.1. The summed E-state index contributed by atoms with van der Waals surface area (Å²) in [5.74, 6) is 1.52. The van der Waals surface area contributed by atoms with E-state index in [0.29, 0.717) is 49.2 Å². The van der Waals surface area contributed by atoms with Crippen molar-refractivity contribution in [1.82, 2.24) is 10.2 Å². The molecular formula is C31H37ClN2O4. The Kier molecular flexibility index (Phi) is 11.5. The molecule has 0 unspecified atom stereocenters. The summed E-state index contributed by atoms with van der Waals surface area (Å²) in [4.78, 5) is 28.8. The van der Waals surface area contributed by atoms with Crippen LogP contribution < -0.4 is 14.8 Å². The normalized spacial score (nSPS) is 11.6. The average molecular weight is 537 g/mol. The molecule has 0 fully saturated rings. The fraction of sp³-hybridized carbons (Fsp3) is 0.355. The van der Waals surface area contributed by atoms with E-state index < -0.39 is 6.04 Å². The molecule has 0 aliphatic rings. The van der Waals surface area contributed by atoms with Crippen molar-refractivity contribution in [3.63, 3.8) is 0 Å². The van der Waals surface area contributed by atoms with Crippen molar-refractivity contribution < 1.29 is 19.1 Å². The second kappa shape index (κ2) is 15.0. The first-order chi connectivity index (χ1) is 18.4. The summed E-state index contributed by atoms with van der Waals surface area (Å²) in [6.45, 7) is 5.33. The maximum Gasteiger partial charge on any atom is 0.243 e. The fourth-order valence-corrected chi connectivity index (χ4v) is 4.12. The van der Waals surface area contributed by atoms with Crippen LogP contribution in [0.2, 0.25) is 5.02 Å². The third-order valence-corrected chi connectivity index (χ3v) is 6.34. The van der Waals surface area contributed by atoms with E-state index in [0.717, 1.165) is 16.9 Å². The summed E-state index contributed by atoms with van der Waals surface area (Å²) >= 11 is 6.09. The minimum Gasteiger partial charge on any atom is -0.497 e. The molecule has 6 nitrogen and oxygen atoms in total. The van der Waals surface area contributed by atoms with Gasteiger partial charge in [-0.2, -0.15) is 0 Å². The lowest BCUT2D eigenvalue weighted by molar-refractivity contribution is -0.141. The molecular weight excluding hydrogens is 500 g/mol. The van der Waals surface area contributed by atoms with Crippen molar-refractivity contribution in [3.05, 3.63) is 95.0 Å². The number of rotatable bonds is 14. The summed E-state index contributed by atoms with van der Waals surface area (Å²) in [5, 5.41) is 3.66. The van der Waals surface area contributed by atoms with Gasteiger partial charge in [0.25, 0.3) is 0 Å². The van der Waals surface area contributed by atoms with Gasteiger partial charge in [-0.15, -0.1) is 0 Å². The van der Waals surface area contributed by atoms with Crippen LogP contribution in [0.5, 0.6) is 11.5 Å². The van der Waals surface area contributed by atoms with Gasteiger partial charge in [0.2, 0.25) is 11.8 Å². The van der Waals surface area contributed by atoms with Gasteiger partial charge in [-0.05, 0) is 59.9 Å². The highest BCUT2D eigenvalue weighted by Gasteiger charge is 2.30. The van der Waals surface area contributed by atoms with E-state index in [2.05, 4.69) is 5.32 Å². The number of nitrogens with zero attached hydrogens (tertiary/aromatic N) is 1. The van der Waals surface area contributed by atoms with Gasteiger partial charge in [0, 0.05) is 31.0 Å². The number of halogens is 1. The van der Waals surface area contributed by atoms with Crippen molar-refractivity contribution in [2.75, 3.05) is 20.3 Å². The summed E-state index contributed by atoms with van der Waals surface area (Å²) in [6, 6.07) is 23.9. The molecule has 0 saturated heterocycles. The molecule has 0 aliphatic heterocycles. The molecule has 3 aromatic rings. The number of methoxy groups -OCH3 is 1. The third kappa shape index (κ3) is 9.42. The van der Waals surface area contributed by atoms with Crippen LogP contribution in [-0.2, 0) is 22.6 Å². The molecule has 0 aliphatic carbocycles. The summed E-state index contributed by atoms with van der Waals surface area (Å²) in [5.41, 5.74) is 1.90. The SMILES string of the molecule is COc1ccc(OCCCC(=O)N(Cc2ccc(Cl)cc2)[C@@H](Cc2ccccc2)C(=O)NCC(C)C)cc1. The number of benzene rings is 3. The predicted octanol–water partition coefficient (Wildman–Crippen LogP) is 5.92. The number of nitrogens with one attached hydrogen (secondary N) is 1. The molecule has 0 bridgehead atoms. The van der Waals surface area contributed by atoms with E-state index in [9.17, 15) is 9.59 Å². The number of hydrogen-bond donors (Lipinski definition) is 1. The van der Waals surface area contributed by atoms with Crippen LogP contribution in [0, 0.1) is 5.92 Å². The maximum atomic E-state index is 13.6. The van der Waals surface area contributed by atoms with E-state index in [4.69, 9.17) is 21.1 Å². The maximum absolute atomic E-state index is 13.6. The number of amides is 2. The summed E-state index contributed by atoms with van der Waals surface area (Å²) < 4.78 is 11.0. The van der Waals surface area contributed by atoms with Crippen LogP contribution in [0.4, 0.5) is 0 Å². The topological polar surface area (TPSA) is 67.9 Å². The van der Waals surface area contributed by atoms with E-state index in [1.807, 2.05) is 80.6 Å². The number of ether oxygens (including phenoxy) is 2. The molecule has 1 N–H and O–H groups in total. The molecule has 0 heterocycles. The van der Waals surface area contributed by atoms with Crippen molar-refractivity contribution >= 4 is 23.4 Å². The van der Waals surface area contributed by atoms with Gasteiger partial charge in [0.05, 0.1) is 13.7 Å². The monoisotopic (exact) mass is 536 g/mol. The highest BCUT2D eigenvalue weighted by molar-refractivity contribution is 6.30. The van der Waals surface area contributed by atoms with Gasteiger partial charge in [0.15, 0.2) is 0 Å². The largest absolute Gasteiger partial charge is 0.497 e. The molecule has 202 valence electrons. The van der Waals surface area contributed by atoms with Crippen molar-refractivity contribution in [2.24, 2.45) is 5.92 Å². The minimum atomic E-state index is -0.651. The van der Waals surface area contributed by atoms with Gasteiger partial charge >= 0.3 is 0 Å². The van der Waals surface area contributed by atoms with Crippen molar-refractivity contribution in [2.45, 2.75) is 45.7 Å². The van der Waals surface area contributed by atoms with Crippen LogP contribution in [0.15, 0.2) is 78.9 Å². The Hall–Kier alpha value is -3.51. The van der Waals surface area contributed by atoms with E-state index in [-0.39, 0.29) is 18.2 Å². The third-order valence-electron chi connectivity index (χ3n) is 6.08. The fourth-order valence-electron chi connectivity index (χ4n) is 3.99. The molecule has 0 saturated carbocycles. The molecule has 3 rings (SSSR count). The van der Waals surface area contributed by atoms with Gasteiger partial charge < -0.3 is 19.7 Å². The first-order valence-corrected chi connectivity index (χ1v) is 13.4. The first kappa shape index (κ1) is 29.1. The van der Waals surface area contributed by atoms with Gasteiger partial charge in [-0.25, -0.2) is 0 Å². The predicted molar refractivity (Wildman–Crippen MR) is 152 cm³/mol. The van der Waals surface area contributed by atoms with Gasteiger partial charge in [-0.1, -0.05) is 67.9 Å². The smallest absolute Gasteiger partial charge is 0.243 e. The van der Waals surface area contributed by atoms with E-state index in [1.54, 1.807) is 24.1 Å². The lowest BCUT2D eigenvalue weighted by Crippen LogP contribution is -2.51. The zero-order valence-electron chi connectivity index (χ0n) is 22.4. The molecule has 38 heavy (non-hydrogen) atoms. The molecule has 0 radical (unpaired) electrons. The van der Waals surface area contributed by atoms with E-state index >= 15 is 0 Å². The number of carbonyl (C=O) groups is 2. The van der Waals surface area contributed by atoms with Gasteiger partial charge in [-0.3, -0.25) is 9.59 Å². The van der Waals surface area contributed by atoms with Gasteiger partial charge in [0.1, 0.15) is 17.5 Å². The Morgan fingerprint density at radius 3 is 2.18 bits per heavy atom. The molecule has 0 aromatic heterocycles. The van der Waals surface area contributed by atoms with Crippen LogP contribution in [0.3, 0.4) is 0 Å². The average Bonchev–Trinajstić information content (AvgIpc) is 2.93. The minimum absolute atomic E-state index is 0.0982. The lowest BCUT2D eigenvalue weighted by atomic mass is 10.0. The van der Waals surface area contributed by atoms with Crippen LogP contribution in [0.1, 0.15) is 37.8 Å². The van der Waals surface area contributed by atoms with Crippen LogP contribution >= 0.6 is 11.6 Å². The molecule has 1 atom stereocenters. The summed E-state index contributed by atoms with van der Waals surface area (Å²) in [6.07, 6.45) is 1.20. The first-order valence-electron chi connectivity index (χ1n) is 13.0. The Balaban J connectivity index is 1.76. The quantitative estimate of drug-likeness (QED) is 0.260. The summed E-state index contributed by atoms with van der Waals surface area (Å²) in [7, 11) is 1.62. The molecule has 0 spiro atoms. The Bertz CT molecular complexity index is 1130. The van der Waals surface area contributed by atoms with Crippen molar-refractivity contribution in [3.8, 4) is 11.5 Å². The highest BCUT2D eigenvalue weighted by Crippen LogP contribution is 2.20. The number of hydrogen-bond acceptors (Lipinski definition) is 4. The standard InChI is InChI=1S/C31H37ClN2O4/c1-23(2)21-33-31(36)29(20-24-8-5-4-6-9-24)34(22-25-11-13-26(32)14-12-25)30(35)10-7-19-38-28-17-15-27(37-3)16-18-28/h4-6,8-9,11-18,23,29H,7,10,19-22H2,1-3H3,(H,33,36)/t29-/m0/s1. The Morgan fingerprint density at radius 2 is 1.55 bits per heavy atom. The second-order valence-corrected chi connectivity index (χ2v) is 10.1. The van der Waals surface area contributed by atoms with Crippen molar-refractivity contribution in [1.29, 1.82) is 0 Å². The lowest BCUT2D eigenvalue weighted by Gasteiger charge is -2.32. The molecule has 7 heteroatoms. The Morgan fingerprint density at radius 1 is 0.895 bits per heavy atom.